The molecule has 18 heavy (non-hydrogen) atoms. The van der Waals surface area contributed by atoms with E-state index in [2.05, 4.69) is 11.2 Å². The summed E-state index contributed by atoms with van der Waals surface area (Å²) in [5.41, 5.74) is 1.04. The number of hydrogen-bond donors (Lipinski definition) is 1. The van der Waals surface area contributed by atoms with Crippen LogP contribution in [0.25, 0.3) is 0 Å². The third kappa shape index (κ3) is 3.11. The zero-order valence-electron chi connectivity index (χ0n) is 10.0. The Morgan fingerprint density at radius 3 is 3.06 bits per heavy atom. The summed E-state index contributed by atoms with van der Waals surface area (Å²) in [5, 5.41) is 4.69. The molecule has 1 atom stereocenters. The SMILES string of the molecule is C#CCCCNC1CCOc2c(Cl)cc(Cl)cc21. The number of hydrogen-bond acceptors (Lipinski definition) is 2. The molecule has 0 aliphatic carbocycles. The molecule has 0 bridgehead atoms. The van der Waals surface area contributed by atoms with Crippen molar-refractivity contribution in [1.82, 2.24) is 5.32 Å². The molecule has 0 saturated heterocycles. The minimum absolute atomic E-state index is 0.239. The third-order valence-electron chi connectivity index (χ3n) is 2.95. The van der Waals surface area contributed by atoms with E-state index in [0.29, 0.717) is 16.7 Å². The molecule has 0 aromatic heterocycles. The predicted molar refractivity (Wildman–Crippen MR) is 75.4 cm³/mol. The summed E-state index contributed by atoms with van der Waals surface area (Å²) in [4.78, 5) is 0. The van der Waals surface area contributed by atoms with E-state index >= 15 is 0 Å². The zero-order valence-corrected chi connectivity index (χ0v) is 11.5. The van der Waals surface area contributed by atoms with Gasteiger partial charge < -0.3 is 10.1 Å². The van der Waals surface area contributed by atoms with E-state index in [9.17, 15) is 0 Å². The Kier molecular flexibility index (Phi) is 4.77. The Morgan fingerprint density at radius 1 is 1.44 bits per heavy atom. The molecule has 0 spiro atoms. The molecule has 1 aliphatic rings. The van der Waals surface area contributed by atoms with Crippen molar-refractivity contribution in [2.75, 3.05) is 13.2 Å². The van der Waals surface area contributed by atoms with Crippen LogP contribution in [0.2, 0.25) is 10.0 Å². The molecule has 0 amide bonds. The minimum atomic E-state index is 0.239. The molecule has 2 nitrogen and oxygen atoms in total. The molecule has 0 saturated carbocycles. The Bertz CT molecular complexity index is 468. The van der Waals surface area contributed by atoms with Crippen LogP contribution in [0.3, 0.4) is 0 Å². The lowest BCUT2D eigenvalue weighted by molar-refractivity contribution is 0.253. The second kappa shape index (κ2) is 6.33. The lowest BCUT2D eigenvalue weighted by atomic mass is 10.0. The highest BCUT2D eigenvalue weighted by Crippen LogP contribution is 2.39. The average Bonchev–Trinajstić information content (AvgIpc) is 2.35. The molecule has 2 rings (SSSR count). The van der Waals surface area contributed by atoms with Gasteiger partial charge in [0.2, 0.25) is 0 Å². The van der Waals surface area contributed by atoms with Crippen molar-refractivity contribution in [2.24, 2.45) is 0 Å². The minimum Gasteiger partial charge on any atom is -0.492 e. The van der Waals surface area contributed by atoms with Crippen molar-refractivity contribution < 1.29 is 4.74 Å². The van der Waals surface area contributed by atoms with Crippen molar-refractivity contribution >= 4 is 23.2 Å². The van der Waals surface area contributed by atoms with Gasteiger partial charge in [-0.3, -0.25) is 0 Å². The molecule has 1 heterocycles. The smallest absolute Gasteiger partial charge is 0.142 e. The normalized spacial score (nSPS) is 17.7. The zero-order chi connectivity index (χ0) is 13.0. The molecular weight excluding hydrogens is 269 g/mol. The van der Waals surface area contributed by atoms with Crippen LogP contribution in [0.4, 0.5) is 0 Å². The van der Waals surface area contributed by atoms with Gasteiger partial charge in [0.1, 0.15) is 5.75 Å². The second-order valence-corrected chi connectivity index (χ2v) is 5.10. The summed E-state index contributed by atoms with van der Waals surface area (Å²) < 4.78 is 5.60. The summed E-state index contributed by atoms with van der Waals surface area (Å²) in [6.07, 6.45) is 7.91. The van der Waals surface area contributed by atoms with Crippen LogP contribution in [0.5, 0.6) is 5.75 Å². The summed E-state index contributed by atoms with van der Waals surface area (Å²) in [7, 11) is 0. The summed E-state index contributed by atoms with van der Waals surface area (Å²) >= 11 is 12.2. The topological polar surface area (TPSA) is 21.3 Å². The predicted octanol–water partition coefficient (Wildman–Crippen LogP) is 3.82. The molecule has 1 aliphatic heterocycles. The van der Waals surface area contributed by atoms with Crippen molar-refractivity contribution in [1.29, 1.82) is 0 Å². The molecule has 1 N–H and O–H groups in total. The third-order valence-corrected chi connectivity index (χ3v) is 3.45. The Labute approximate surface area is 118 Å². The Morgan fingerprint density at radius 2 is 2.28 bits per heavy atom. The van der Waals surface area contributed by atoms with Crippen molar-refractivity contribution in [3.63, 3.8) is 0 Å². The maximum absolute atomic E-state index is 6.13. The number of nitrogens with one attached hydrogen (secondary N) is 1. The van der Waals surface area contributed by atoms with Crippen LogP contribution in [0.15, 0.2) is 12.1 Å². The highest BCUT2D eigenvalue weighted by atomic mass is 35.5. The van der Waals surface area contributed by atoms with Crippen LogP contribution >= 0.6 is 23.2 Å². The van der Waals surface area contributed by atoms with E-state index in [1.54, 1.807) is 6.07 Å². The van der Waals surface area contributed by atoms with Crippen molar-refractivity contribution in [3.8, 4) is 18.1 Å². The van der Waals surface area contributed by atoms with E-state index in [0.717, 1.165) is 37.1 Å². The highest BCUT2D eigenvalue weighted by molar-refractivity contribution is 6.35. The molecular formula is C14H15Cl2NO. The van der Waals surface area contributed by atoms with Crippen LogP contribution in [0, 0.1) is 12.3 Å². The fourth-order valence-corrected chi connectivity index (χ4v) is 2.67. The summed E-state index contributed by atoms with van der Waals surface area (Å²) in [6, 6.07) is 3.87. The maximum Gasteiger partial charge on any atom is 0.142 e. The molecule has 1 aromatic rings. The standard InChI is InChI=1S/C14H15Cl2NO/c1-2-3-4-6-17-13-5-7-18-14-11(13)8-10(15)9-12(14)16/h1,8-9,13,17H,3-7H2. The highest BCUT2D eigenvalue weighted by Gasteiger charge is 2.23. The molecule has 0 radical (unpaired) electrons. The Balaban J connectivity index is 2.10. The van der Waals surface area contributed by atoms with E-state index < -0.39 is 0 Å². The van der Waals surface area contributed by atoms with Gasteiger partial charge in [0, 0.05) is 29.5 Å². The van der Waals surface area contributed by atoms with Gasteiger partial charge in [-0.25, -0.2) is 0 Å². The van der Waals surface area contributed by atoms with Crippen LogP contribution in [0.1, 0.15) is 30.9 Å². The summed E-state index contributed by atoms with van der Waals surface area (Å²) in [5.74, 6) is 3.39. The molecule has 96 valence electrons. The van der Waals surface area contributed by atoms with Gasteiger partial charge in [-0.1, -0.05) is 23.2 Å². The number of terminal acetylenes is 1. The fraction of sp³-hybridized carbons (Fsp3) is 0.429. The van der Waals surface area contributed by atoms with Crippen LogP contribution in [-0.2, 0) is 0 Å². The van der Waals surface area contributed by atoms with Gasteiger partial charge in [-0.15, -0.1) is 12.3 Å². The number of ether oxygens (including phenoxy) is 1. The van der Waals surface area contributed by atoms with E-state index in [1.165, 1.54) is 0 Å². The number of rotatable bonds is 4. The van der Waals surface area contributed by atoms with Gasteiger partial charge >= 0.3 is 0 Å². The van der Waals surface area contributed by atoms with Crippen LogP contribution < -0.4 is 10.1 Å². The number of halogens is 2. The fourth-order valence-electron chi connectivity index (χ4n) is 2.10. The van der Waals surface area contributed by atoms with Crippen molar-refractivity contribution in [3.05, 3.63) is 27.7 Å². The lowest BCUT2D eigenvalue weighted by Gasteiger charge is -2.27. The first-order valence-corrected chi connectivity index (χ1v) is 6.76. The summed E-state index contributed by atoms with van der Waals surface area (Å²) in [6.45, 7) is 1.56. The molecule has 4 heteroatoms. The van der Waals surface area contributed by atoms with Gasteiger partial charge in [-0.05, 0) is 25.1 Å². The van der Waals surface area contributed by atoms with Gasteiger partial charge in [0.25, 0.3) is 0 Å². The van der Waals surface area contributed by atoms with Crippen molar-refractivity contribution in [2.45, 2.75) is 25.3 Å². The van der Waals surface area contributed by atoms with E-state index in [-0.39, 0.29) is 6.04 Å². The number of unbranched alkanes of at least 4 members (excludes halogenated alkanes) is 1. The van der Waals surface area contributed by atoms with Gasteiger partial charge in [0.15, 0.2) is 0 Å². The first kappa shape index (κ1) is 13.5. The van der Waals surface area contributed by atoms with Gasteiger partial charge in [-0.2, -0.15) is 0 Å². The van der Waals surface area contributed by atoms with Crippen LogP contribution in [-0.4, -0.2) is 13.2 Å². The van der Waals surface area contributed by atoms with E-state index in [1.807, 2.05) is 6.07 Å². The first-order chi connectivity index (χ1) is 8.72. The molecule has 1 unspecified atom stereocenters. The average molecular weight is 284 g/mol. The number of benzene rings is 1. The Hall–Kier alpha value is -0.880. The van der Waals surface area contributed by atoms with Gasteiger partial charge in [0.05, 0.1) is 11.6 Å². The first-order valence-electron chi connectivity index (χ1n) is 6.01. The number of fused-ring (bicyclic) bond motifs is 1. The quantitative estimate of drug-likeness (QED) is 0.670. The second-order valence-electron chi connectivity index (χ2n) is 4.26. The molecule has 0 fully saturated rings. The molecule has 1 aromatic carbocycles. The largest absolute Gasteiger partial charge is 0.492 e. The van der Waals surface area contributed by atoms with E-state index in [4.69, 9.17) is 34.4 Å². The monoisotopic (exact) mass is 283 g/mol. The lowest BCUT2D eigenvalue weighted by Crippen LogP contribution is -2.28. The maximum atomic E-state index is 6.13.